The first-order chi connectivity index (χ1) is 8.38. The smallest absolute Gasteiger partial charge is 0.391 e. The van der Waals surface area contributed by atoms with Crippen LogP contribution in [-0.4, -0.2) is 25.3 Å². The second kappa shape index (κ2) is 6.25. The van der Waals surface area contributed by atoms with Gasteiger partial charge in [-0.15, -0.1) is 0 Å². The summed E-state index contributed by atoms with van der Waals surface area (Å²) >= 11 is 0. The number of benzene rings is 1. The number of anilines is 2. The molecule has 0 saturated carbocycles. The van der Waals surface area contributed by atoms with E-state index in [0.29, 0.717) is 11.4 Å². The maximum atomic E-state index is 11.8. The number of hydrogen-bond donors (Lipinski definition) is 2. The van der Waals surface area contributed by atoms with Gasteiger partial charge in [-0.1, -0.05) is 12.1 Å². The van der Waals surface area contributed by atoms with Gasteiger partial charge >= 0.3 is 6.18 Å². The summed E-state index contributed by atoms with van der Waals surface area (Å²) in [4.78, 5) is 11.3. The molecule has 0 fully saturated rings. The van der Waals surface area contributed by atoms with Gasteiger partial charge in [0.25, 0.3) is 0 Å². The number of amides is 1. The minimum Gasteiger partial charge on any atom is -0.397 e. The van der Waals surface area contributed by atoms with Gasteiger partial charge < -0.3 is 15.8 Å². The molecule has 18 heavy (non-hydrogen) atoms. The summed E-state index contributed by atoms with van der Waals surface area (Å²) < 4.78 is 40.0. The topological polar surface area (TPSA) is 64.3 Å². The van der Waals surface area contributed by atoms with E-state index in [1.807, 2.05) is 0 Å². The fraction of sp³-hybridized carbons (Fsp3) is 0.364. The van der Waals surface area contributed by atoms with E-state index in [1.165, 1.54) is 0 Å². The minimum atomic E-state index is -4.28. The minimum absolute atomic E-state index is 0.376. The fourth-order valence-electron chi connectivity index (χ4n) is 1.15. The maximum absolute atomic E-state index is 11.8. The van der Waals surface area contributed by atoms with E-state index in [9.17, 15) is 18.0 Å². The number of hydrogen-bond acceptors (Lipinski definition) is 3. The van der Waals surface area contributed by atoms with Gasteiger partial charge in [0.15, 0.2) is 0 Å². The monoisotopic (exact) mass is 262 g/mol. The van der Waals surface area contributed by atoms with E-state index in [1.54, 1.807) is 24.3 Å². The molecule has 1 amide bonds. The summed E-state index contributed by atoms with van der Waals surface area (Å²) in [6.45, 7) is -0.981. The number of rotatable bonds is 5. The molecule has 100 valence electrons. The molecule has 0 heterocycles. The largest absolute Gasteiger partial charge is 0.397 e. The maximum Gasteiger partial charge on any atom is 0.391 e. The lowest BCUT2D eigenvalue weighted by atomic mass is 10.3. The van der Waals surface area contributed by atoms with Crippen molar-refractivity contribution < 1.29 is 22.7 Å². The van der Waals surface area contributed by atoms with Gasteiger partial charge in [-0.25, -0.2) is 0 Å². The lowest BCUT2D eigenvalue weighted by Gasteiger charge is -2.09. The predicted octanol–water partition coefficient (Wildman–Crippen LogP) is 2.18. The standard InChI is InChI=1S/C11H13F3N2O2/c12-11(13,14)5-6-18-7-10(17)16-9-4-2-1-3-8(9)15/h1-4H,5-7,15H2,(H,16,17). The van der Waals surface area contributed by atoms with Crippen LogP contribution in [0.15, 0.2) is 24.3 Å². The number of alkyl halides is 3. The lowest BCUT2D eigenvalue weighted by molar-refractivity contribution is -0.147. The van der Waals surface area contributed by atoms with Crippen molar-refractivity contribution in [2.75, 3.05) is 24.3 Å². The molecule has 0 aliphatic carbocycles. The summed E-state index contributed by atoms with van der Waals surface area (Å²) in [5.74, 6) is -0.546. The van der Waals surface area contributed by atoms with Gasteiger partial charge in [0, 0.05) is 0 Å². The van der Waals surface area contributed by atoms with Crippen LogP contribution in [0.3, 0.4) is 0 Å². The van der Waals surface area contributed by atoms with Crippen LogP contribution in [0.1, 0.15) is 6.42 Å². The Morgan fingerprint density at radius 1 is 1.33 bits per heavy atom. The predicted molar refractivity (Wildman–Crippen MR) is 61.0 cm³/mol. The Bertz CT molecular complexity index is 408. The average molecular weight is 262 g/mol. The highest BCUT2D eigenvalue weighted by atomic mass is 19.4. The third-order valence-electron chi connectivity index (χ3n) is 2.00. The molecular formula is C11H13F3N2O2. The van der Waals surface area contributed by atoms with Gasteiger partial charge in [0.2, 0.25) is 5.91 Å². The van der Waals surface area contributed by atoms with Crippen LogP contribution in [0.2, 0.25) is 0 Å². The molecule has 0 aliphatic rings. The molecule has 4 nitrogen and oxygen atoms in total. The van der Waals surface area contributed by atoms with Crippen molar-refractivity contribution in [1.29, 1.82) is 0 Å². The number of nitrogens with one attached hydrogen (secondary N) is 1. The third kappa shape index (κ3) is 5.53. The molecule has 0 bridgehead atoms. The van der Waals surface area contributed by atoms with Crippen molar-refractivity contribution in [3.63, 3.8) is 0 Å². The van der Waals surface area contributed by atoms with Gasteiger partial charge in [-0.2, -0.15) is 13.2 Å². The molecule has 1 aromatic carbocycles. The quantitative estimate of drug-likeness (QED) is 0.631. The molecule has 7 heteroatoms. The number of carbonyl (C=O) groups excluding carboxylic acids is 1. The molecule has 0 unspecified atom stereocenters. The number of nitrogens with two attached hydrogens (primary N) is 1. The SMILES string of the molecule is Nc1ccccc1NC(=O)COCCC(F)(F)F. The Balaban J connectivity index is 2.29. The zero-order chi connectivity index (χ0) is 13.6. The molecule has 0 spiro atoms. The van der Waals surface area contributed by atoms with Crippen molar-refractivity contribution in [1.82, 2.24) is 0 Å². The lowest BCUT2D eigenvalue weighted by Crippen LogP contribution is -2.21. The van der Waals surface area contributed by atoms with Crippen molar-refractivity contribution in [2.24, 2.45) is 0 Å². The second-order valence-electron chi connectivity index (χ2n) is 3.55. The number of halogens is 3. The van der Waals surface area contributed by atoms with Crippen molar-refractivity contribution in [3.8, 4) is 0 Å². The summed E-state index contributed by atoms with van der Waals surface area (Å²) in [5, 5.41) is 2.44. The zero-order valence-corrected chi connectivity index (χ0v) is 9.46. The Morgan fingerprint density at radius 2 is 2.00 bits per heavy atom. The highest BCUT2D eigenvalue weighted by Crippen LogP contribution is 2.19. The van der Waals surface area contributed by atoms with Crippen LogP contribution >= 0.6 is 0 Å². The highest BCUT2D eigenvalue weighted by molar-refractivity contribution is 5.94. The van der Waals surface area contributed by atoms with Gasteiger partial charge in [-0.05, 0) is 12.1 Å². The van der Waals surface area contributed by atoms with E-state index in [2.05, 4.69) is 10.1 Å². The van der Waals surface area contributed by atoms with Crippen molar-refractivity contribution >= 4 is 17.3 Å². The van der Waals surface area contributed by atoms with E-state index in [4.69, 9.17) is 5.73 Å². The van der Waals surface area contributed by atoms with E-state index in [0.717, 1.165) is 0 Å². The number of para-hydroxylation sites is 2. The first kappa shape index (κ1) is 14.3. The van der Waals surface area contributed by atoms with Crippen LogP contribution in [0.4, 0.5) is 24.5 Å². The molecule has 0 atom stereocenters. The summed E-state index contributed by atoms with van der Waals surface area (Å²) in [7, 11) is 0. The van der Waals surface area contributed by atoms with Crippen LogP contribution in [0, 0.1) is 0 Å². The Hall–Kier alpha value is -1.76. The van der Waals surface area contributed by atoms with E-state index >= 15 is 0 Å². The van der Waals surface area contributed by atoms with Crippen LogP contribution in [0.25, 0.3) is 0 Å². The summed E-state index contributed by atoms with van der Waals surface area (Å²) in [6, 6.07) is 6.56. The molecule has 0 radical (unpaired) electrons. The first-order valence-corrected chi connectivity index (χ1v) is 5.17. The first-order valence-electron chi connectivity index (χ1n) is 5.17. The Labute approximate surface area is 102 Å². The van der Waals surface area contributed by atoms with E-state index < -0.39 is 31.7 Å². The van der Waals surface area contributed by atoms with Gasteiger partial charge in [0.1, 0.15) is 6.61 Å². The van der Waals surface area contributed by atoms with Crippen LogP contribution in [-0.2, 0) is 9.53 Å². The Morgan fingerprint density at radius 3 is 2.61 bits per heavy atom. The summed E-state index contributed by atoms with van der Waals surface area (Å²) in [5.41, 5.74) is 6.36. The zero-order valence-electron chi connectivity index (χ0n) is 9.46. The van der Waals surface area contributed by atoms with Crippen LogP contribution < -0.4 is 11.1 Å². The summed E-state index contributed by atoms with van der Waals surface area (Å²) in [6.07, 6.45) is -5.35. The third-order valence-corrected chi connectivity index (χ3v) is 2.00. The number of ether oxygens (including phenoxy) is 1. The van der Waals surface area contributed by atoms with E-state index in [-0.39, 0.29) is 0 Å². The second-order valence-corrected chi connectivity index (χ2v) is 3.55. The molecule has 1 aromatic rings. The highest BCUT2D eigenvalue weighted by Gasteiger charge is 2.26. The Kier molecular flexibility index (Phi) is 4.96. The average Bonchev–Trinajstić information content (AvgIpc) is 2.26. The molecule has 0 aliphatic heterocycles. The van der Waals surface area contributed by atoms with Crippen molar-refractivity contribution in [2.45, 2.75) is 12.6 Å². The molecule has 1 rings (SSSR count). The van der Waals surface area contributed by atoms with Crippen LogP contribution in [0.5, 0.6) is 0 Å². The fourth-order valence-corrected chi connectivity index (χ4v) is 1.15. The molecule has 3 N–H and O–H groups in total. The molecule has 0 saturated heterocycles. The van der Waals surface area contributed by atoms with Crippen molar-refractivity contribution in [3.05, 3.63) is 24.3 Å². The van der Waals surface area contributed by atoms with Gasteiger partial charge in [0.05, 0.1) is 24.4 Å². The molecular weight excluding hydrogens is 249 g/mol. The number of carbonyl (C=O) groups is 1. The number of nitrogen functional groups attached to an aromatic ring is 1. The van der Waals surface area contributed by atoms with Gasteiger partial charge in [-0.3, -0.25) is 4.79 Å². The normalized spacial score (nSPS) is 11.3. The molecule has 0 aromatic heterocycles.